The predicted octanol–water partition coefficient (Wildman–Crippen LogP) is 2.94. The lowest BCUT2D eigenvalue weighted by Gasteiger charge is -2.22. The second-order valence-corrected chi connectivity index (χ2v) is 4.75. The standard InChI is InChI=1S/C6H14N2O.C5H10N2O/c1-5(2)8(7-9)6(3)4;8-6-7-4-2-1-3-5-7/h5-6H,1-4H3;1-5H2. The van der Waals surface area contributed by atoms with Gasteiger partial charge in [0.15, 0.2) is 0 Å². The fourth-order valence-corrected chi connectivity index (χ4v) is 1.74. The molecule has 0 aromatic carbocycles. The number of nitrogens with zero attached hydrogens (tertiary/aromatic N) is 4. The third kappa shape index (κ3) is 6.86. The van der Waals surface area contributed by atoms with Crippen molar-refractivity contribution in [1.29, 1.82) is 0 Å². The van der Waals surface area contributed by atoms with E-state index in [2.05, 4.69) is 10.6 Å². The third-order valence-corrected chi connectivity index (χ3v) is 2.60. The maximum absolute atomic E-state index is 10.1. The molecule has 0 radical (unpaired) electrons. The van der Waals surface area contributed by atoms with Gasteiger partial charge in [-0.15, -0.1) is 9.81 Å². The maximum atomic E-state index is 10.1. The zero-order chi connectivity index (χ0) is 13.3. The van der Waals surface area contributed by atoms with Crippen LogP contribution in [0.5, 0.6) is 0 Å². The van der Waals surface area contributed by atoms with Gasteiger partial charge in [0, 0.05) is 25.2 Å². The molecule has 100 valence electrons. The summed E-state index contributed by atoms with van der Waals surface area (Å²) in [5.41, 5.74) is 0. The molecule has 1 heterocycles. The maximum Gasteiger partial charge on any atom is 0.0529 e. The molecule has 0 spiro atoms. The topological polar surface area (TPSA) is 65.3 Å². The summed E-state index contributed by atoms with van der Waals surface area (Å²) in [6, 6.07) is 0.421. The molecule has 6 nitrogen and oxygen atoms in total. The van der Waals surface area contributed by atoms with Crippen molar-refractivity contribution in [3.8, 4) is 0 Å². The van der Waals surface area contributed by atoms with Gasteiger partial charge in [0.25, 0.3) is 0 Å². The molecule has 0 aromatic rings. The Morgan fingerprint density at radius 3 is 1.59 bits per heavy atom. The summed E-state index contributed by atoms with van der Waals surface area (Å²) in [6.07, 6.45) is 3.52. The summed E-state index contributed by atoms with van der Waals surface area (Å²) in [7, 11) is 0. The molecule has 0 unspecified atom stereocenters. The van der Waals surface area contributed by atoms with Gasteiger partial charge in [0.05, 0.1) is 10.6 Å². The second kappa shape index (κ2) is 8.90. The van der Waals surface area contributed by atoms with Crippen molar-refractivity contribution in [2.75, 3.05) is 13.1 Å². The van der Waals surface area contributed by atoms with E-state index < -0.39 is 0 Å². The van der Waals surface area contributed by atoms with Gasteiger partial charge in [-0.25, -0.2) is 0 Å². The van der Waals surface area contributed by atoms with Crippen LogP contribution in [0.25, 0.3) is 0 Å². The van der Waals surface area contributed by atoms with E-state index in [1.807, 2.05) is 27.7 Å². The first-order valence-corrected chi connectivity index (χ1v) is 6.22. The first-order chi connectivity index (χ1) is 8.02. The molecule has 1 rings (SSSR count). The Morgan fingerprint density at radius 1 is 0.941 bits per heavy atom. The number of hydrogen-bond acceptors (Lipinski definition) is 4. The van der Waals surface area contributed by atoms with Gasteiger partial charge in [-0.3, -0.25) is 10.0 Å². The largest absolute Gasteiger partial charge is 0.261 e. The van der Waals surface area contributed by atoms with E-state index in [1.165, 1.54) is 11.4 Å². The fourth-order valence-electron chi connectivity index (χ4n) is 1.74. The Morgan fingerprint density at radius 2 is 1.41 bits per heavy atom. The monoisotopic (exact) mass is 244 g/mol. The highest BCUT2D eigenvalue weighted by Crippen LogP contribution is 2.07. The van der Waals surface area contributed by atoms with Crippen LogP contribution in [0.3, 0.4) is 0 Å². The third-order valence-electron chi connectivity index (χ3n) is 2.60. The van der Waals surface area contributed by atoms with Crippen molar-refractivity contribution < 1.29 is 0 Å². The minimum absolute atomic E-state index is 0.211. The van der Waals surface area contributed by atoms with Gasteiger partial charge >= 0.3 is 0 Å². The van der Waals surface area contributed by atoms with Crippen molar-refractivity contribution >= 4 is 0 Å². The Bertz CT molecular complexity index is 208. The molecule has 1 saturated heterocycles. The van der Waals surface area contributed by atoms with Crippen LogP contribution in [0.2, 0.25) is 0 Å². The van der Waals surface area contributed by atoms with Crippen molar-refractivity contribution in [1.82, 2.24) is 10.0 Å². The summed E-state index contributed by atoms with van der Waals surface area (Å²) in [5.74, 6) is 0. The number of rotatable bonds is 4. The SMILES string of the molecule is CC(C)N(N=O)C(C)C.O=NN1CCCCC1. The second-order valence-electron chi connectivity index (χ2n) is 4.75. The molecule has 0 atom stereocenters. The Kier molecular flexibility index (Phi) is 8.27. The van der Waals surface area contributed by atoms with Crippen LogP contribution in [-0.2, 0) is 0 Å². The minimum atomic E-state index is 0.211. The normalized spacial score (nSPS) is 15.3. The van der Waals surface area contributed by atoms with E-state index in [0.717, 1.165) is 25.9 Å². The molecule has 0 N–H and O–H groups in total. The van der Waals surface area contributed by atoms with Crippen molar-refractivity contribution in [2.24, 2.45) is 10.6 Å². The lowest BCUT2D eigenvalue weighted by molar-refractivity contribution is 0.180. The van der Waals surface area contributed by atoms with Gasteiger partial charge in [-0.1, -0.05) is 0 Å². The number of nitroso groups, excluding NO2 is 2. The first kappa shape index (κ1) is 15.8. The predicted molar refractivity (Wildman–Crippen MR) is 69.1 cm³/mol. The van der Waals surface area contributed by atoms with Gasteiger partial charge < -0.3 is 0 Å². The van der Waals surface area contributed by atoms with Crippen LogP contribution in [0.15, 0.2) is 10.6 Å². The molecule has 0 aliphatic carbocycles. The smallest absolute Gasteiger partial charge is 0.0529 e. The van der Waals surface area contributed by atoms with E-state index >= 15 is 0 Å². The minimum Gasteiger partial charge on any atom is -0.261 e. The molecule has 0 bridgehead atoms. The Hall–Kier alpha value is -1.20. The van der Waals surface area contributed by atoms with E-state index in [4.69, 9.17) is 0 Å². The summed E-state index contributed by atoms with van der Waals surface area (Å²) in [6.45, 7) is 9.51. The fraction of sp³-hybridized carbons (Fsp3) is 1.00. The number of hydrogen-bond donors (Lipinski definition) is 0. The van der Waals surface area contributed by atoms with Crippen molar-refractivity contribution in [3.63, 3.8) is 0 Å². The van der Waals surface area contributed by atoms with Crippen LogP contribution in [0.4, 0.5) is 0 Å². The average Bonchev–Trinajstić information content (AvgIpc) is 2.31. The summed E-state index contributed by atoms with van der Waals surface area (Å²) in [5, 5.41) is 8.82. The van der Waals surface area contributed by atoms with Crippen LogP contribution < -0.4 is 0 Å². The Balaban J connectivity index is 0.000000302. The van der Waals surface area contributed by atoms with Crippen LogP contribution in [0.1, 0.15) is 47.0 Å². The molecule has 6 heteroatoms. The van der Waals surface area contributed by atoms with E-state index in [9.17, 15) is 9.81 Å². The van der Waals surface area contributed by atoms with Crippen LogP contribution in [-0.4, -0.2) is 35.2 Å². The summed E-state index contributed by atoms with van der Waals surface area (Å²) >= 11 is 0. The quantitative estimate of drug-likeness (QED) is 0.563. The Labute approximate surface area is 103 Å². The van der Waals surface area contributed by atoms with Crippen molar-refractivity contribution in [2.45, 2.75) is 59.0 Å². The molecule has 1 aliphatic rings. The zero-order valence-electron chi connectivity index (χ0n) is 11.3. The molecular formula is C11H24N4O2. The van der Waals surface area contributed by atoms with Gasteiger partial charge in [0.1, 0.15) is 0 Å². The lowest BCUT2D eigenvalue weighted by Crippen LogP contribution is -2.31. The van der Waals surface area contributed by atoms with E-state index in [0.29, 0.717) is 0 Å². The van der Waals surface area contributed by atoms with Crippen LogP contribution >= 0.6 is 0 Å². The first-order valence-electron chi connectivity index (χ1n) is 6.22. The van der Waals surface area contributed by atoms with Gasteiger partial charge in [-0.2, -0.15) is 0 Å². The van der Waals surface area contributed by atoms with Gasteiger partial charge in [0.2, 0.25) is 0 Å². The molecule has 17 heavy (non-hydrogen) atoms. The summed E-state index contributed by atoms with van der Waals surface area (Å²) < 4.78 is 0. The zero-order valence-corrected chi connectivity index (χ0v) is 11.3. The molecule has 1 fully saturated rings. The summed E-state index contributed by atoms with van der Waals surface area (Å²) in [4.78, 5) is 19.9. The molecule has 0 saturated carbocycles. The van der Waals surface area contributed by atoms with E-state index in [-0.39, 0.29) is 12.1 Å². The number of piperidine rings is 1. The lowest BCUT2D eigenvalue weighted by atomic mass is 10.2. The molecule has 1 aliphatic heterocycles. The molecule has 0 amide bonds. The average molecular weight is 244 g/mol. The highest BCUT2D eigenvalue weighted by atomic mass is 16.3. The molecular weight excluding hydrogens is 220 g/mol. The highest BCUT2D eigenvalue weighted by Gasteiger charge is 2.10. The van der Waals surface area contributed by atoms with Crippen LogP contribution in [0, 0.1) is 9.81 Å². The van der Waals surface area contributed by atoms with E-state index in [1.54, 1.807) is 5.01 Å². The van der Waals surface area contributed by atoms with Crippen molar-refractivity contribution in [3.05, 3.63) is 9.81 Å². The highest BCUT2D eigenvalue weighted by molar-refractivity contribution is 4.61. The van der Waals surface area contributed by atoms with Gasteiger partial charge in [-0.05, 0) is 47.0 Å². The molecule has 0 aromatic heterocycles.